The molecular formula is C14H25ClN2O4. The minimum atomic E-state index is -1.04. The van der Waals surface area contributed by atoms with E-state index in [2.05, 4.69) is 5.32 Å². The summed E-state index contributed by atoms with van der Waals surface area (Å²) in [6, 6.07) is 0. The van der Waals surface area contributed by atoms with Gasteiger partial charge in [0.25, 0.3) is 0 Å². The normalized spacial score (nSPS) is 18.0. The van der Waals surface area contributed by atoms with Crippen LogP contribution in [0.1, 0.15) is 34.6 Å². The Kier molecular flexibility index (Phi) is 5.16. The van der Waals surface area contributed by atoms with E-state index in [4.69, 9.17) is 16.3 Å². The minimum absolute atomic E-state index is 0.127. The van der Waals surface area contributed by atoms with E-state index in [1.54, 1.807) is 34.6 Å². The molecule has 1 aliphatic heterocycles. The number of hydrogen-bond acceptors (Lipinski definition) is 4. The van der Waals surface area contributed by atoms with Gasteiger partial charge in [0, 0.05) is 19.6 Å². The van der Waals surface area contributed by atoms with Crippen molar-refractivity contribution in [3.63, 3.8) is 0 Å². The van der Waals surface area contributed by atoms with Crippen molar-refractivity contribution in [2.45, 2.75) is 45.8 Å². The van der Waals surface area contributed by atoms with Gasteiger partial charge in [-0.2, -0.15) is 0 Å². The molecule has 0 radical (unpaired) electrons. The van der Waals surface area contributed by atoms with Crippen LogP contribution in [0.25, 0.3) is 0 Å². The van der Waals surface area contributed by atoms with Crippen LogP contribution in [0.5, 0.6) is 0 Å². The zero-order valence-electron chi connectivity index (χ0n) is 13.3. The van der Waals surface area contributed by atoms with Gasteiger partial charge >= 0.3 is 6.09 Å². The van der Waals surface area contributed by atoms with Gasteiger partial charge in [-0.3, -0.25) is 4.79 Å². The highest BCUT2D eigenvalue weighted by molar-refractivity contribution is 6.27. The first-order valence-electron chi connectivity index (χ1n) is 6.93. The van der Waals surface area contributed by atoms with Crippen molar-refractivity contribution in [3.05, 3.63) is 0 Å². The molecule has 0 aromatic rings. The monoisotopic (exact) mass is 320 g/mol. The summed E-state index contributed by atoms with van der Waals surface area (Å²) >= 11 is 5.45. The number of nitrogens with zero attached hydrogens (tertiary/aromatic N) is 1. The minimum Gasteiger partial charge on any atom is -0.444 e. The number of likely N-dealkylation sites (tertiary alicyclic amines) is 1. The lowest BCUT2D eigenvalue weighted by Gasteiger charge is -2.55. The van der Waals surface area contributed by atoms with E-state index in [9.17, 15) is 14.7 Å². The van der Waals surface area contributed by atoms with Crippen LogP contribution in [0.4, 0.5) is 4.79 Å². The molecule has 0 spiro atoms. The number of halogens is 1. The fourth-order valence-corrected chi connectivity index (χ4v) is 2.26. The number of aliphatic hydroxyl groups is 1. The Morgan fingerprint density at radius 3 is 2.19 bits per heavy atom. The fraction of sp³-hybridized carbons (Fsp3) is 0.857. The van der Waals surface area contributed by atoms with E-state index < -0.39 is 22.7 Å². The molecule has 21 heavy (non-hydrogen) atoms. The van der Waals surface area contributed by atoms with Crippen molar-refractivity contribution in [1.82, 2.24) is 10.2 Å². The van der Waals surface area contributed by atoms with Crippen molar-refractivity contribution in [2.75, 3.05) is 25.5 Å². The SMILES string of the molecule is CC(C)(C)OC(=O)N1CC(CNC(=O)CCl)(C(C)(C)O)C1. The molecule has 6 nitrogen and oxygen atoms in total. The molecule has 0 atom stereocenters. The molecule has 1 fully saturated rings. The highest BCUT2D eigenvalue weighted by atomic mass is 35.5. The van der Waals surface area contributed by atoms with Gasteiger partial charge in [0.1, 0.15) is 11.5 Å². The van der Waals surface area contributed by atoms with E-state index in [1.165, 1.54) is 4.90 Å². The van der Waals surface area contributed by atoms with E-state index >= 15 is 0 Å². The summed E-state index contributed by atoms with van der Waals surface area (Å²) in [6.07, 6.45) is -0.411. The van der Waals surface area contributed by atoms with E-state index in [-0.39, 0.29) is 18.3 Å². The van der Waals surface area contributed by atoms with Crippen LogP contribution >= 0.6 is 11.6 Å². The maximum Gasteiger partial charge on any atom is 0.410 e. The molecule has 0 saturated carbocycles. The molecular weight excluding hydrogens is 296 g/mol. The van der Waals surface area contributed by atoms with Gasteiger partial charge in [-0.25, -0.2) is 4.79 Å². The van der Waals surface area contributed by atoms with Crippen LogP contribution in [0, 0.1) is 5.41 Å². The average Bonchev–Trinajstić information content (AvgIpc) is 2.22. The topological polar surface area (TPSA) is 78.9 Å². The molecule has 0 unspecified atom stereocenters. The third-order valence-corrected chi connectivity index (χ3v) is 3.92. The van der Waals surface area contributed by atoms with E-state index in [0.717, 1.165) is 0 Å². The Morgan fingerprint density at radius 1 is 1.29 bits per heavy atom. The second kappa shape index (κ2) is 6.01. The first-order valence-corrected chi connectivity index (χ1v) is 7.47. The van der Waals surface area contributed by atoms with E-state index in [0.29, 0.717) is 13.1 Å². The van der Waals surface area contributed by atoms with Crippen LogP contribution in [-0.4, -0.2) is 58.7 Å². The van der Waals surface area contributed by atoms with Gasteiger partial charge in [-0.05, 0) is 34.6 Å². The smallest absolute Gasteiger partial charge is 0.410 e. The number of carbonyl (C=O) groups is 2. The Hall–Kier alpha value is -1.01. The Morgan fingerprint density at radius 2 is 1.81 bits per heavy atom. The number of alkyl halides is 1. The van der Waals surface area contributed by atoms with Crippen molar-refractivity contribution < 1.29 is 19.4 Å². The molecule has 0 aromatic carbocycles. The Balaban J connectivity index is 2.67. The lowest BCUT2D eigenvalue weighted by Crippen LogP contribution is -2.70. The Labute approximate surface area is 130 Å². The predicted molar refractivity (Wildman–Crippen MR) is 80.3 cm³/mol. The van der Waals surface area contributed by atoms with Crippen LogP contribution < -0.4 is 5.32 Å². The molecule has 2 N–H and O–H groups in total. The molecule has 1 aliphatic rings. The van der Waals surface area contributed by atoms with E-state index in [1.807, 2.05) is 0 Å². The van der Waals surface area contributed by atoms with Crippen LogP contribution in [0.15, 0.2) is 0 Å². The number of hydrogen-bond donors (Lipinski definition) is 2. The number of rotatable bonds is 4. The molecule has 1 rings (SSSR count). The maximum atomic E-state index is 12.0. The molecule has 1 heterocycles. The highest BCUT2D eigenvalue weighted by Crippen LogP contribution is 2.40. The number of nitrogens with one attached hydrogen (secondary N) is 1. The van der Waals surface area contributed by atoms with Crippen LogP contribution in [0.3, 0.4) is 0 Å². The first kappa shape index (κ1) is 18.0. The molecule has 7 heteroatoms. The van der Waals surface area contributed by atoms with Gasteiger partial charge in [0.05, 0.1) is 11.0 Å². The lowest BCUT2D eigenvalue weighted by molar-refractivity contribution is -0.141. The lowest BCUT2D eigenvalue weighted by atomic mass is 9.67. The van der Waals surface area contributed by atoms with Gasteiger partial charge < -0.3 is 20.1 Å². The summed E-state index contributed by atoms with van der Waals surface area (Å²) in [5.41, 5.74) is -2.19. The predicted octanol–water partition coefficient (Wildman–Crippen LogP) is 1.35. The standard InChI is InChI=1S/C14H25ClN2O4/c1-12(2,3)21-11(19)17-8-14(9-17,13(4,5)20)7-16-10(18)6-15/h20H,6-9H2,1-5H3,(H,16,18). The number of carbonyl (C=O) groups excluding carboxylic acids is 2. The summed E-state index contributed by atoms with van der Waals surface area (Å²) in [5.74, 6) is -0.423. The second-order valence-electron chi connectivity index (χ2n) is 7.09. The van der Waals surface area contributed by atoms with Crippen LogP contribution in [-0.2, 0) is 9.53 Å². The van der Waals surface area contributed by atoms with Crippen molar-refractivity contribution in [2.24, 2.45) is 5.41 Å². The van der Waals surface area contributed by atoms with Crippen LogP contribution in [0.2, 0.25) is 0 Å². The summed E-state index contributed by atoms with van der Waals surface area (Å²) < 4.78 is 5.29. The second-order valence-corrected chi connectivity index (χ2v) is 7.35. The van der Waals surface area contributed by atoms with Gasteiger partial charge in [-0.1, -0.05) is 0 Å². The zero-order valence-corrected chi connectivity index (χ0v) is 14.1. The average molecular weight is 321 g/mol. The van der Waals surface area contributed by atoms with Gasteiger partial charge in [0.15, 0.2) is 0 Å². The molecule has 2 amide bonds. The van der Waals surface area contributed by atoms with Crippen molar-refractivity contribution in [1.29, 1.82) is 0 Å². The zero-order chi connectivity index (χ0) is 16.5. The molecule has 0 aromatic heterocycles. The summed E-state index contributed by atoms with van der Waals surface area (Å²) in [5, 5.41) is 13.0. The quantitative estimate of drug-likeness (QED) is 0.766. The summed E-state index contributed by atoms with van der Waals surface area (Å²) in [6.45, 7) is 9.67. The number of amides is 2. The van der Waals surface area contributed by atoms with Gasteiger partial charge in [-0.15, -0.1) is 11.6 Å². The Bertz CT molecular complexity index is 406. The molecule has 122 valence electrons. The first-order chi connectivity index (χ1) is 9.40. The van der Waals surface area contributed by atoms with Crippen molar-refractivity contribution >= 4 is 23.6 Å². The largest absolute Gasteiger partial charge is 0.444 e. The summed E-state index contributed by atoms with van der Waals surface area (Å²) in [4.78, 5) is 24.8. The van der Waals surface area contributed by atoms with Crippen molar-refractivity contribution in [3.8, 4) is 0 Å². The maximum absolute atomic E-state index is 12.0. The molecule has 0 aliphatic carbocycles. The summed E-state index contributed by atoms with van der Waals surface area (Å²) in [7, 11) is 0. The third-order valence-electron chi connectivity index (χ3n) is 3.68. The number of ether oxygens (including phenoxy) is 1. The fourth-order valence-electron chi connectivity index (χ4n) is 2.17. The van der Waals surface area contributed by atoms with Gasteiger partial charge in [0.2, 0.25) is 5.91 Å². The molecule has 0 bridgehead atoms. The highest BCUT2D eigenvalue weighted by Gasteiger charge is 2.55. The molecule has 1 saturated heterocycles. The third kappa shape index (κ3) is 4.48.